The van der Waals surface area contributed by atoms with Gasteiger partial charge in [-0.3, -0.25) is 0 Å². The number of piperidine rings is 1. The van der Waals surface area contributed by atoms with Crippen molar-refractivity contribution in [2.24, 2.45) is 5.92 Å². The quantitative estimate of drug-likeness (QED) is 0.772. The van der Waals surface area contributed by atoms with E-state index >= 15 is 0 Å². The van der Waals surface area contributed by atoms with E-state index in [2.05, 4.69) is 24.1 Å². The average Bonchev–Trinajstić information content (AvgIpc) is 2.24. The molecule has 0 aromatic heterocycles. The van der Waals surface area contributed by atoms with Gasteiger partial charge in [-0.05, 0) is 45.2 Å². The molecule has 0 aromatic rings. The number of likely N-dealkylation sites (N-methyl/N-ethyl adjacent to an activating group) is 1. The summed E-state index contributed by atoms with van der Waals surface area (Å²) < 4.78 is 0. The van der Waals surface area contributed by atoms with Crippen LogP contribution in [0.4, 0.5) is 0 Å². The minimum Gasteiger partial charge on any atom is -0.310 e. The second kappa shape index (κ2) is 6.02. The van der Waals surface area contributed by atoms with Crippen LogP contribution in [0.3, 0.4) is 0 Å². The van der Waals surface area contributed by atoms with Crippen LogP contribution in [0.1, 0.15) is 52.4 Å². The smallest absolute Gasteiger partial charge is 0.0197 e. The lowest BCUT2D eigenvalue weighted by Crippen LogP contribution is -2.48. The Morgan fingerprint density at radius 1 is 1.25 bits per heavy atom. The van der Waals surface area contributed by atoms with E-state index in [4.69, 9.17) is 0 Å². The van der Waals surface area contributed by atoms with Gasteiger partial charge in [-0.15, -0.1) is 0 Å². The summed E-state index contributed by atoms with van der Waals surface area (Å²) in [6.07, 6.45) is 8.61. The number of rotatable bonds is 5. The first-order valence-corrected chi connectivity index (χ1v) is 7.26. The van der Waals surface area contributed by atoms with Crippen LogP contribution in [0.2, 0.25) is 0 Å². The number of hydrogen-bond donors (Lipinski definition) is 1. The largest absolute Gasteiger partial charge is 0.310 e. The molecule has 16 heavy (non-hydrogen) atoms. The van der Waals surface area contributed by atoms with Gasteiger partial charge in [-0.1, -0.05) is 26.2 Å². The fourth-order valence-electron chi connectivity index (χ4n) is 3.18. The molecular formula is C14H28N2. The topological polar surface area (TPSA) is 15.3 Å². The van der Waals surface area contributed by atoms with Crippen molar-refractivity contribution < 1.29 is 0 Å². The van der Waals surface area contributed by atoms with Crippen molar-refractivity contribution in [2.45, 2.75) is 64.5 Å². The summed E-state index contributed by atoms with van der Waals surface area (Å²) >= 11 is 0. The van der Waals surface area contributed by atoms with Gasteiger partial charge in [0.05, 0.1) is 0 Å². The molecular weight excluding hydrogens is 196 g/mol. The van der Waals surface area contributed by atoms with Gasteiger partial charge in [0.2, 0.25) is 0 Å². The summed E-state index contributed by atoms with van der Waals surface area (Å²) in [5.41, 5.74) is 0. The molecule has 2 rings (SSSR count). The number of likely N-dealkylation sites (tertiary alicyclic amines) is 1. The summed E-state index contributed by atoms with van der Waals surface area (Å²) in [6, 6.07) is 1.48. The molecule has 1 saturated carbocycles. The molecule has 2 nitrogen and oxygen atoms in total. The summed E-state index contributed by atoms with van der Waals surface area (Å²) in [4.78, 5) is 2.58. The number of hydrogen-bond acceptors (Lipinski definition) is 2. The van der Waals surface area contributed by atoms with Crippen molar-refractivity contribution in [2.75, 3.05) is 19.6 Å². The molecule has 1 aliphatic heterocycles. The first kappa shape index (κ1) is 12.4. The lowest BCUT2D eigenvalue weighted by atomic mass is 9.81. The van der Waals surface area contributed by atoms with Crippen LogP contribution in [-0.4, -0.2) is 36.6 Å². The van der Waals surface area contributed by atoms with Crippen LogP contribution >= 0.6 is 0 Å². The van der Waals surface area contributed by atoms with Crippen molar-refractivity contribution >= 4 is 0 Å². The molecule has 1 heterocycles. The highest BCUT2D eigenvalue weighted by Crippen LogP contribution is 2.30. The second-order valence-corrected chi connectivity index (χ2v) is 5.83. The lowest BCUT2D eigenvalue weighted by Gasteiger charge is -2.36. The van der Waals surface area contributed by atoms with Crippen molar-refractivity contribution in [3.63, 3.8) is 0 Å². The van der Waals surface area contributed by atoms with E-state index in [9.17, 15) is 0 Å². The molecule has 94 valence electrons. The van der Waals surface area contributed by atoms with E-state index in [0.29, 0.717) is 0 Å². The summed E-state index contributed by atoms with van der Waals surface area (Å²) in [6.45, 7) is 8.45. The molecule has 0 amide bonds. The molecule has 2 atom stereocenters. The van der Waals surface area contributed by atoms with Gasteiger partial charge in [0.15, 0.2) is 0 Å². The fourth-order valence-corrected chi connectivity index (χ4v) is 3.18. The van der Waals surface area contributed by atoms with Crippen LogP contribution in [-0.2, 0) is 0 Å². The Kier molecular flexibility index (Phi) is 4.66. The van der Waals surface area contributed by atoms with Gasteiger partial charge in [0.25, 0.3) is 0 Å². The standard InChI is InChI=1S/C14H28N2/c1-3-16-9-5-8-14(11-16)15-12(2)10-13-6-4-7-13/h12-15H,3-11H2,1-2H3. The minimum absolute atomic E-state index is 0.729. The minimum atomic E-state index is 0.729. The Bertz CT molecular complexity index is 201. The van der Waals surface area contributed by atoms with E-state index in [1.54, 1.807) is 0 Å². The molecule has 2 fully saturated rings. The molecule has 0 aromatic carbocycles. The van der Waals surface area contributed by atoms with Crippen molar-refractivity contribution in [1.29, 1.82) is 0 Å². The zero-order valence-electron chi connectivity index (χ0n) is 11.0. The molecule has 2 heteroatoms. The first-order valence-electron chi connectivity index (χ1n) is 7.26. The van der Waals surface area contributed by atoms with Crippen LogP contribution in [0.15, 0.2) is 0 Å². The summed E-state index contributed by atoms with van der Waals surface area (Å²) in [5.74, 6) is 1.04. The Morgan fingerprint density at radius 3 is 2.69 bits per heavy atom. The Balaban J connectivity index is 1.66. The Labute approximate surface area is 101 Å². The zero-order chi connectivity index (χ0) is 11.4. The number of nitrogens with one attached hydrogen (secondary N) is 1. The predicted molar refractivity (Wildman–Crippen MR) is 69.7 cm³/mol. The Hall–Kier alpha value is -0.0800. The van der Waals surface area contributed by atoms with E-state index in [1.807, 2.05) is 0 Å². The lowest BCUT2D eigenvalue weighted by molar-refractivity contribution is 0.180. The molecule has 0 bridgehead atoms. The Morgan fingerprint density at radius 2 is 2.06 bits per heavy atom. The van der Waals surface area contributed by atoms with Gasteiger partial charge in [0, 0.05) is 18.6 Å². The first-order chi connectivity index (χ1) is 7.78. The maximum absolute atomic E-state index is 3.84. The van der Waals surface area contributed by atoms with Gasteiger partial charge in [-0.25, -0.2) is 0 Å². The van der Waals surface area contributed by atoms with Gasteiger partial charge in [-0.2, -0.15) is 0 Å². The molecule has 1 N–H and O–H groups in total. The highest BCUT2D eigenvalue weighted by Gasteiger charge is 2.23. The highest BCUT2D eigenvalue weighted by molar-refractivity contribution is 4.82. The van der Waals surface area contributed by atoms with Crippen molar-refractivity contribution in [3.05, 3.63) is 0 Å². The maximum atomic E-state index is 3.84. The fraction of sp³-hybridized carbons (Fsp3) is 1.00. The third-order valence-electron chi connectivity index (χ3n) is 4.38. The molecule has 1 saturated heterocycles. The van der Waals surface area contributed by atoms with Crippen LogP contribution in [0.5, 0.6) is 0 Å². The molecule has 2 aliphatic rings. The van der Waals surface area contributed by atoms with Crippen LogP contribution < -0.4 is 5.32 Å². The van der Waals surface area contributed by atoms with Crippen LogP contribution in [0.25, 0.3) is 0 Å². The third-order valence-corrected chi connectivity index (χ3v) is 4.38. The van der Waals surface area contributed by atoms with E-state index in [1.165, 1.54) is 58.2 Å². The zero-order valence-corrected chi connectivity index (χ0v) is 11.0. The molecule has 0 spiro atoms. The molecule has 1 aliphatic carbocycles. The van der Waals surface area contributed by atoms with Crippen molar-refractivity contribution in [1.82, 2.24) is 10.2 Å². The summed E-state index contributed by atoms with van der Waals surface area (Å²) in [5, 5.41) is 3.84. The summed E-state index contributed by atoms with van der Waals surface area (Å²) in [7, 11) is 0. The normalized spacial score (nSPS) is 30.0. The second-order valence-electron chi connectivity index (χ2n) is 5.83. The van der Waals surface area contributed by atoms with Gasteiger partial charge >= 0.3 is 0 Å². The predicted octanol–water partition coefficient (Wildman–Crippen LogP) is 2.64. The van der Waals surface area contributed by atoms with Gasteiger partial charge in [0.1, 0.15) is 0 Å². The monoisotopic (exact) mass is 224 g/mol. The van der Waals surface area contributed by atoms with E-state index in [-0.39, 0.29) is 0 Å². The SMILES string of the molecule is CCN1CCCC(NC(C)CC2CCC2)C1. The van der Waals surface area contributed by atoms with E-state index < -0.39 is 0 Å². The van der Waals surface area contributed by atoms with E-state index in [0.717, 1.165) is 18.0 Å². The molecule has 2 unspecified atom stereocenters. The third kappa shape index (κ3) is 3.46. The number of nitrogens with zero attached hydrogens (tertiary/aromatic N) is 1. The van der Waals surface area contributed by atoms with Gasteiger partial charge < -0.3 is 10.2 Å². The highest BCUT2D eigenvalue weighted by atomic mass is 15.2. The van der Waals surface area contributed by atoms with Crippen molar-refractivity contribution in [3.8, 4) is 0 Å². The molecule has 0 radical (unpaired) electrons. The maximum Gasteiger partial charge on any atom is 0.0197 e. The average molecular weight is 224 g/mol. The van der Waals surface area contributed by atoms with Crippen LogP contribution in [0, 0.1) is 5.92 Å².